The highest BCUT2D eigenvalue weighted by molar-refractivity contribution is 5.28. The van der Waals surface area contributed by atoms with Gasteiger partial charge in [0.15, 0.2) is 0 Å². The second-order valence-corrected chi connectivity index (χ2v) is 5.41. The van der Waals surface area contributed by atoms with Gasteiger partial charge in [0.25, 0.3) is 0 Å². The summed E-state index contributed by atoms with van der Waals surface area (Å²) in [6, 6.07) is 2.13. The van der Waals surface area contributed by atoms with Crippen molar-refractivity contribution in [3.63, 3.8) is 0 Å². The van der Waals surface area contributed by atoms with Crippen LogP contribution in [-0.2, 0) is 5.41 Å². The maximum atomic E-state index is 5.75. The van der Waals surface area contributed by atoms with E-state index in [1.807, 2.05) is 0 Å². The molecule has 82 valence electrons. The molecule has 0 bridgehead atoms. The molecule has 1 aliphatic rings. The van der Waals surface area contributed by atoms with Crippen LogP contribution in [0.1, 0.15) is 57.3 Å². The van der Waals surface area contributed by atoms with Crippen LogP contribution >= 0.6 is 0 Å². The van der Waals surface area contributed by atoms with Gasteiger partial charge in [0.2, 0.25) is 5.95 Å². The van der Waals surface area contributed by atoms with E-state index in [9.17, 15) is 0 Å². The van der Waals surface area contributed by atoms with Crippen molar-refractivity contribution in [2.75, 3.05) is 5.73 Å². The van der Waals surface area contributed by atoms with Crippen molar-refractivity contribution >= 4 is 5.95 Å². The molecule has 1 heterocycles. The minimum Gasteiger partial charge on any atom is -0.368 e. The molecule has 15 heavy (non-hydrogen) atoms. The number of nitrogens with zero attached hydrogens (tertiary/aromatic N) is 2. The number of nitrogen functional groups attached to an aromatic ring is 1. The van der Waals surface area contributed by atoms with Gasteiger partial charge in [-0.05, 0) is 18.9 Å². The number of hydrogen-bond acceptors (Lipinski definition) is 3. The van der Waals surface area contributed by atoms with E-state index in [1.54, 1.807) is 0 Å². The Balaban J connectivity index is 2.36. The Hall–Kier alpha value is -1.12. The number of rotatable bonds is 1. The summed E-state index contributed by atoms with van der Waals surface area (Å²) in [5.41, 5.74) is 7.99. The summed E-state index contributed by atoms with van der Waals surface area (Å²) in [7, 11) is 0. The first kappa shape index (κ1) is 10.4. The van der Waals surface area contributed by atoms with Gasteiger partial charge in [-0.1, -0.05) is 27.2 Å². The molecular formula is C12H19N3. The van der Waals surface area contributed by atoms with Crippen LogP contribution in [-0.4, -0.2) is 9.97 Å². The van der Waals surface area contributed by atoms with E-state index in [-0.39, 0.29) is 5.41 Å². The summed E-state index contributed by atoms with van der Waals surface area (Å²) in [6.45, 7) is 6.46. The second kappa shape index (κ2) is 3.47. The first-order valence-corrected chi connectivity index (χ1v) is 5.62. The van der Waals surface area contributed by atoms with E-state index in [1.165, 1.54) is 19.3 Å². The van der Waals surface area contributed by atoms with Crippen molar-refractivity contribution in [1.29, 1.82) is 0 Å². The van der Waals surface area contributed by atoms with Gasteiger partial charge in [0.1, 0.15) is 0 Å². The zero-order chi connectivity index (χ0) is 11.1. The summed E-state index contributed by atoms with van der Waals surface area (Å²) in [6.07, 6.45) is 3.82. The van der Waals surface area contributed by atoms with Crippen LogP contribution in [0.4, 0.5) is 5.95 Å². The van der Waals surface area contributed by atoms with Crippen molar-refractivity contribution in [3.05, 3.63) is 17.5 Å². The SMILES string of the molecule is CC(C)(C)c1cc(C2CCC2)nc(N)n1. The molecule has 1 fully saturated rings. The minimum absolute atomic E-state index is 0.0511. The van der Waals surface area contributed by atoms with Crippen molar-refractivity contribution in [1.82, 2.24) is 9.97 Å². The van der Waals surface area contributed by atoms with E-state index in [2.05, 4.69) is 36.8 Å². The smallest absolute Gasteiger partial charge is 0.220 e. The molecule has 2 N–H and O–H groups in total. The molecular weight excluding hydrogens is 186 g/mol. The molecule has 0 atom stereocenters. The molecule has 0 aliphatic heterocycles. The number of anilines is 1. The lowest BCUT2D eigenvalue weighted by Gasteiger charge is -2.26. The standard InChI is InChI=1S/C12H19N3/c1-12(2,3)10-7-9(8-5-4-6-8)14-11(13)15-10/h7-8H,4-6H2,1-3H3,(H2,13,14,15). The van der Waals surface area contributed by atoms with Gasteiger partial charge < -0.3 is 5.73 Å². The molecule has 1 aromatic heterocycles. The Morgan fingerprint density at radius 3 is 2.40 bits per heavy atom. The first-order chi connectivity index (χ1) is 6.97. The molecule has 0 unspecified atom stereocenters. The van der Waals surface area contributed by atoms with E-state index in [0.29, 0.717) is 11.9 Å². The van der Waals surface area contributed by atoms with Crippen LogP contribution in [0.15, 0.2) is 6.07 Å². The van der Waals surface area contributed by atoms with Crippen LogP contribution < -0.4 is 5.73 Å². The second-order valence-electron chi connectivity index (χ2n) is 5.41. The van der Waals surface area contributed by atoms with E-state index in [4.69, 9.17) is 5.73 Å². The highest BCUT2D eigenvalue weighted by Crippen LogP contribution is 2.36. The molecule has 0 spiro atoms. The molecule has 1 aliphatic carbocycles. The van der Waals surface area contributed by atoms with Gasteiger partial charge in [-0.2, -0.15) is 0 Å². The summed E-state index contributed by atoms with van der Waals surface area (Å²) in [4.78, 5) is 8.65. The fraction of sp³-hybridized carbons (Fsp3) is 0.667. The molecule has 1 aromatic rings. The molecule has 0 aromatic carbocycles. The topological polar surface area (TPSA) is 51.8 Å². The highest BCUT2D eigenvalue weighted by atomic mass is 15.0. The van der Waals surface area contributed by atoms with Crippen LogP contribution in [0.3, 0.4) is 0 Å². The van der Waals surface area contributed by atoms with E-state index in [0.717, 1.165) is 11.4 Å². The lowest BCUT2D eigenvalue weighted by atomic mass is 9.81. The van der Waals surface area contributed by atoms with Gasteiger partial charge in [-0.3, -0.25) is 0 Å². The summed E-state index contributed by atoms with van der Waals surface area (Å²) in [5.74, 6) is 1.04. The minimum atomic E-state index is 0.0511. The predicted octanol–water partition coefficient (Wildman–Crippen LogP) is 2.62. The summed E-state index contributed by atoms with van der Waals surface area (Å²) in [5, 5.41) is 0. The van der Waals surface area contributed by atoms with Crippen molar-refractivity contribution in [2.24, 2.45) is 0 Å². The fourth-order valence-corrected chi connectivity index (χ4v) is 1.78. The van der Waals surface area contributed by atoms with Crippen molar-refractivity contribution < 1.29 is 0 Å². The Morgan fingerprint density at radius 1 is 1.27 bits per heavy atom. The zero-order valence-corrected chi connectivity index (χ0v) is 9.75. The average molecular weight is 205 g/mol. The highest BCUT2D eigenvalue weighted by Gasteiger charge is 2.24. The number of hydrogen-bond donors (Lipinski definition) is 1. The molecule has 0 amide bonds. The molecule has 0 saturated heterocycles. The lowest BCUT2D eigenvalue weighted by Crippen LogP contribution is -2.19. The number of nitrogens with two attached hydrogens (primary N) is 1. The maximum Gasteiger partial charge on any atom is 0.220 e. The first-order valence-electron chi connectivity index (χ1n) is 5.62. The number of aromatic nitrogens is 2. The Bertz CT molecular complexity index is 362. The molecule has 1 saturated carbocycles. The van der Waals surface area contributed by atoms with Crippen LogP contribution in [0.5, 0.6) is 0 Å². The average Bonchev–Trinajstić information content (AvgIpc) is 1.97. The monoisotopic (exact) mass is 205 g/mol. The summed E-state index contributed by atoms with van der Waals surface area (Å²) >= 11 is 0. The Morgan fingerprint density at radius 2 is 1.93 bits per heavy atom. The third-order valence-electron chi connectivity index (χ3n) is 3.06. The Kier molecular flexibility index (Phi) is 2.41. The van der Waals surface area contributed by atoms with Gasteiger partial charge in [-0.25, -0.2) is 9.97 Å². The third kappa shape index (κ3) is 2.11. The summed E-state index contributed by atoms with van der Waals surface area (Å²) < 4.78 is 0. The lowest BCUT2D eigenvalue weighted by molar-refractivity contribution is 0.409. The molecule has 3 heteroatoms. The largest absolute Gasteiger partial charge is 0.368 e. The Labute approximate surface area is 91.1 Å². The normalized spacial score (nSPS) is 17.5. The van der Waals surface area contributed by atoms with Gasteiger partial charge in [0, 0.05) is 17.0 Å². The maximum absolute atomic E-state index is 5.75. The van der Waals surface area contributed by atoms with Crippen molar-refractivity contribution in [3.8, 4) is 0 Å². The van der Waals surface area contributed by atoms with Crippen LogP contribution in [0.2, 0.25) is 0 Å². The van der Waals surface area contributed by atoms with Gasteiger partial charge >= 0.3 is 0 Å². The van der Waals surface area contributed by atoms with Gasteiger partial charge in [0.05, 0.1) is 5.69 Å². The van der Waals surface area contributed by atoms with Gasteiger partial charge in [-0.15, -0.1) is 0 Å². The van der Waals surface area contributed by atoms with Crippen LogP contribution in [0, 0.1) is 0 Å². The van der Waals surface area contributed by atoms with Crippen molar-refractivity contribution in [2.45, 2.75) is 51.4 Å². The quantitative estimate of drug-likeness (QED) is 0.766. The molecule has 3 nitrogen and oxygen atoms in total. The third-order valence-corrected chi connectivity index (χ3v) is 3.06. The van der Waals surface area contributed by atoms with E-state index < -0.39 is 0 Å². The molecule has 2 rings (SSSR count). The zero-order valence-electron chi connectivity index (χ0n) is 9.75. The fourth-order valence-electron chi connectivity index (χ4n) is 1.78. The van der Waals surface area contributed by atoms with E-state index >= 15 is 0 Å². The predicted molar refractivity (Wildman–Crippen MR) is 61.7 cm³/mol. The van der Waals surface area contributed by atoms with Crippen LogP contribution in [0.25, 0.3) is 0 Å². The molecule has 0 radical (unpaired) electrons.